The average Bonchev–Trinajstić information content (AvgIpc) is 3.05. The molecule has 10 nitrogen and oxygen atoms in total. The third-order valence-corrected chi connectivity index (χ3v) is 6.78. The van der Waals surface area contributed by atoms with Crippen LogP contribution in [0.2, 0.25) is 0 Å². The number of carbonyl (C=O) groups is 4. The summed E-state index contributed by atoms with van der Waals surface area (Å²) in [6.45, 7) is 8.60. The van der Waals surface area contributed by atoms with Crippen molar-refractivity contribution in [3.05, 3.63) is 109 Å². The van der Waals surface area contributed by atoms with Gasteiger partial charge in [0.25, 0.3) is 0 Å². The molecule has 3 aromatic carbocycles. The summed E-state index contributed by atoms with van der Waals surface area (Å²) in [7, 11) is 6.59. The molecule has 0 N–H and O–H groups in total. The van der Waals surface area contributed by atoms with Gasteiger partial charge in [0.15, 0.2) is 0 Å². The van der Waals surface area contributed by atoms with Crippen molar-refractivity contribution >= 4 is 46.8 Å². The maximum Gasteiger partial charge on any atom is 0.330 e. The summed E-state index contributed by atoms with van der Waals surface area (Å²) in [5.74, 6) is -1.06. The van der Waals surface area contributed by atoms with Crippen LogP contribution in [-0.4, -0.2) is 52.2 Å². The Morgan fingerprint density at radius 3 is 1.63 bits per heavy atom. The van der Waals surface area contributed by atoms with Gasteiger partial charge in [-0.05, 0) is 60.5 Å². The minimum absolute atomic E-state index is 0.0551. The molecule has 0 aliphatic rings. The van der Waals surface area contributed by atoms with Gasteiger partial charge >= 0.3 is 24.0 Å². The number of esters is 2. The van der Waals surface area contributed by atoms with E-state index in [1.54, 1.807) is 102 Å². The van der Waals surface area contributed by atoms with Crippen molar-refractivity contribution in [2.45, 2.75) is 19.6 Å². The molecule has 3 rings (SSSR count). The number of hydrogen-bond acceptors (Lipinski definition) is 6. The Kier molecular flexibility index (Phi) is 10.8. The van der Waals surface area contributed by atoms with Gasteiger partial charge in [-0.25, -0.2) is 19.2 Å². The molecular formula is C33H36N4O6. The lowest BCUT2D eigenvalue weighted by Gasteiger charge is -2.28. The standard InChI is InChI=1S/C33H36N4O6/c1-8-30(38)42-22-24-13-10-15-26(19-24)34(4)32(40)36(6)28-17-12-18-29(21-28)37(7)33(41)35(5)27-16-11-14-25(20-27)23(3)43-31(39)9-2/h8-21,23H,1-2,22H2,3-7H3. The normalized spacial score (nSPS) is 11.0. The minimum Gasteiger partial charge on any atom is -0.458 e. The number of hydrogen-bond donors (Lipinski definition) is 0. The predicted molar refractivity (Wildman–Crippen MR) is 168 cm³/mol. The number of urea groups is 2. The van der Waals surface area contributed by atoms with E-state index in [1.165, 1.54) is 19.6 Å². The second-order valence-corrected chi connectivity index (χ2v) is 9.68. The fraction of sp³-hybridized carbons (Fsp3) is 0.212. The van der Waals surface area contributed by atoms with E-state index >= 15 is 0 Å². The maximum atomic E-state index is 13.4. The predicted octanol–water partition coefficient (Wildman–Crippen LogP) is 6.09. The van der Waals surface area contributed by atoms with E-state index < -0.39 is 18.0 Å². The first kappa shape index (κ1) is 32.1. The summed E-state index contributed by atoms with van der Waals surface area (Å²) in [6, 6.07) is 20.7. The Hall–Kier alpha value is -5.38. The monoisotopic (exact) mass is 584 g/mol. The molecule has 0 aromatic heterocycles. The van der Waals surface area contributed by atoms with Crippen molar-refractivity contribution in [1.29, 1.82) is 0 Å². The molecule has 0 saturated heterocycles. The number of benzene rings is 3. The van der Waals surface area contributed by atoms with E-state index in [9.17, 15) is 19.2 Å². The molecule has 1 atom stereocenters. The Morgan fingerprint density at radius 1 is 0.674 bits per heavy atom. The fourth-order valence-corrected chi connectivity index (χ4v) is 4.15. The van der Waals surface area contributed by atoms with E-state index in [0.717, 1.165) is 23.3 Å². The Labute approximate surface area is 252 Å². The van der Waals surface area contributed by atoms with E-state index in [1.807, 2.05) is 6.07 Å². The zero-order chi connectivity index (χ0) is 31.7. The molecule has 0 aliphatic heterocycles. The van der Waals surface area contributed by atoms with Crippen LogP contribution < -0.4 is 19.6 Å². The Morgan fingerprint density at radius 2 is 1.12 bits per heavy atom. The molecular weight excluding hydrogens is 548 g/mol. The summed E-state index contributed by atoms with van der Waals surface area (Å²) in [5.41, 5.74) is 3.83. The zero-order valence-electron chi connectivity index (χ0n) is 25.0. The lowest BCUT2D eigenvalue weighted by atomic mass is 10.1. The number of amides is 4. The van der Waals surface area contributed by atoms with Crippen LogP contribution in [0.25, 0.3) is 0 Å². The number of carbonyl (C=O) groups excluding carboxylic acids is 4. The number of anilines is 4. The van der Waals surface area contributed by atoms with Gasteiger partial charge in [-0.1, -0.05) is 43.5 Å². The Balaban J connectivity index is 1.74. The summed E-state index contributed by atoms with van der Waals surface area (Å²) < 4.78 is 10.4. The lowest BCUT2D eigenvalue weighted by Crippen LogP contribution is -2.40. The molecule has 0 spiro atoms. The van der Waals surface area contributed by atoms with Crippen LogP contribution in [-0.2, 0) is 25.7 Å². The third-order valence-electron chi connectivity index (χ3n) is 6.78. The maximum absolute atomic E-state index is 13.4. The number of ether oxygens (including phenoxy) is 2. The van der Waals surface area contributed by atoms with Crippen molar-refractivity contribution in [1.82, 2.24) is 0 Å². The van der Waals surface area contributed by atoms with Crippen molar-refractivity contribution < 1.29 is 28.7 Å². The molecule has 0 aliphatic carbocycles. The van der Waals surface area contributed by atoms with Gasteiger partial charge < -0.3 is 9.47 Å². The summed E-state index contributed by atoms with van der Waals surface area (Å²) in [6.07, 6.45) is 1.67. The summed E-state index contributed by atoms with van der Waals surface area (Å²) >= 11 is 0. The molecule has 1 unspecified atom stereocenters. The van der Waals surface area contributed by atoms with Crippen LogP contribution in [0.15, 0.2) is 98.1 Å². The van der Waals surface area contributed by atoms with E-state index in [0.29, 0.717) is 22.7 Å². The highest BCUT2D eigenvalue weighted by Crippen LogP contribution is 2.27. The molecule has 0 fully saturated rings. The molecule has 3 aromatic rings. The molecule has 0 radical (unpaired) electrons. The molecule has 43 heavy (non-hydrogen) atoms. The molecule has 224 valence electrons. The van der Waals surface area contributed by atoms with Gasteiger partial charge in [0.2, 0.25) is 0 Å². The third kappa shape index (κ3) is 8.10. The first-order valence-corrected chi connectivity index (χ1v) is 13.4. The van der Waals surface area contributed by atoms with Crippen molar-refractivity contribution in [2.24, 2.45) is 0 Å². The SMILES string of the molecule is C=CC(=O)OCc1cccc(N(C)C(=O)N(C)c2cccc(N(C)C(=O)N(C)c3cccc(C(C)OC(=O)C=C)c3)c2)c1. The van der Waals surface area contributed by atoms with Crippen LogP contribution in [0, 0.1) is 0 Å². The van der Waals surface area contributed by atoms with Crippen molar-refractivity contribution in [3.63, 3.8) is 0 Å². The number of rotatable bonds is 10. The van der Waals surface area contributed by atoms with E-state index in [4.69, 9.17) is 9.47 Å². The minimum atomic E-state index is -0.531. The largest absolute Gasteiger partial charge is 0.458 e. The molecule has 0 heterocycles. The highest BCUT2D eigenvalue weighted by atomic mass is 16.5. The average molecular weight is 585 g/mol. The van der Waals surface area contributed by atoms with Gasteiger partial charge in [-0.15, -0.1) is 0 Å². The second kappa shape index (κ2) is 14.5. The van der Waals surface area contributed by atoms with Gasteiger partial charge in [0.1, 0.15) is 12.7 Å². The first-order valence-electron chi connectivity index (χ1n) is 13.4. The van der Waals surface area contributed by atoms with Crippen molar-refractivity contribution in [2.75, 3.05) is 47.8 Å². The van der Waals surface area contributed by atoms with E-state index in [2.05, 4.69) is 13.2 Å². The first-order chi connectivity index (χ1) is 20.5. The van der Waals surface area contributed by atoms with Gasteiger partial charge in [0.05, 0.1) is 0 Å². The van der Waals surface area contributed by atoms with Crippen LogP contribution in [0.5, 0.6) is 0 Å². The highest BCUT2D eigenvalue weighted by Gasteiger charge is 2.22. The van der Waals surface area contributed by atoms with Crippen LogP contribution in [0.4, 0.5) is 32.3 Å². The molecule has 10 heteroatoms. The van der Waals surface area contributed by atoms with E-state index in [-0.39, 0.29) is 18.7 Å². The Bertz CT molecular complexity index is 1520. The molecule has 0 bridgehead atoms. The zero-order valence-corrected chi connectivity index (χ0v) is 25.0. The van der Waals surface area contributed by atoms with Gasteiger partial charge in [-0.3, -0.25) is 19.6 Å². The second-order valence-electron chi connectivity index (χ2n) is 9.68. The van der Waals surface area contributed by atoms with Crippen LogP contribution in [0.1, 0.15) is 24.2 Å². The van der Waals surface area contributed by atoms with Crippen LogP contribution >= 0.6 is 0 Å². The lowest BCUT2D eigenvalue weighted by molar-refractivity contribution is -0.142. The van der Waals surface area contributed by atoms with Gasteiger partial charge in [-0.2, -0.15) is 0 Å². The quantitative estimate of drug-likeness (QED) is 0.211. The summed E-state index contributed by atoms with van der Waals surface area (Å²) in [4.78, 5) is 55.7. The fourth-order valence-electron chi connectivity index (χ4n) is 4.15. The summed E-state index contributed by atoms with van der Waals surface area (Å²) in [5, 5.41) is 0. The highest BCUT2D eigenvalue weighted by molar-refractivity contribution is 6.05. The van der Waals surface area contributed by atoms with Crippen molar-refractivity contribution in [3.8, 4) is 0 Å². The molecule has 4 amide bonds. The van der Waals surface area contributed by atoms with Gasteiger partial charge in [0, 0.05) is 63.1 Å². The topological polar surface area (TPSA) is 99.7 Å². The van der Waals surface area contributed by atoms with Crippen LogP contribution in [0.3, 0.4) is 0 Å². The number of nitrogens with zero attached hydrogens (tertiary/aromatic N) is 4. The smallest absolute Gasteiger partial charge is 0.330 e. The molecule has 0 saturated carbocycles.